The van der Waals surface area contributed by atoms with Gasteiger partial charge in [0, 0.05) is 4.90 Å². The highest BCUT2D eigenvalue weighted by molar-refractivity contribution is 7.99. The number of hydrogen-bond acceptors (Lipinski definition) is 5. The van der Waals surface area contributed by atoms with Gasteiger partial charge in [0.2, 0.25) is 0 Å². The van der Waals surface area contributed by atoms with Gasteiger partial charge in [-0.05, 0) is 12.1 Å². The molecule has 1 amide bonds. The second-order valence-electron chi connectivity index (χ2n) is 3.91. The van der Waals surface area contributed by atoms with Crippen LogP contribution in [0.2, 0.25) is 0 Å². The number of carboxylic acid groups (broad SMARTS) is 2. The Bertz CT molecular complexity index is 596. The maximum absolute atomic E-state index is 12.1. The number of hydrogen-bond donors (Lipinski definition) is 3. The van der Waals surface area contributed by atoms with Crippen LogP contribution in [0.3, 0.4) is 0 Å². The molecule has 0 unspecified atom stereocenters. The van der Waals surface area contributed by atoms with E-state index in [1.165, 1.54) is 6.07 Å². The Morgan fingerprint density at radius 1 is 1.29 bits per heavy atom. The Morgan fingerprint density at radius 3 is 2.52 bits per heavy atom. The van der Waals surface area contributed by atoms with Crippen LogP contribution in [0.15, 0.2) is 29.2 Å². The zero-order valence-electron chi connectivity index (χ0n) is 10.8. The van der Waals surface area contributed by atoms with Crippen LogP contribution in [-0.4, -0.2) is 39.9 Å². The van der Waals surface area contributed by atoms with E-state index in [4.69, 9.17) is 15.5 Å². The molecule has 0 aliphatic rings. The van der Waals surface area contributed by atoms with Crippen LogP contribution >= 0.6 is 11.8 Å². The number of carboxylic acids is 2. The number of nitrogens with one attached hydrogen (secondary N) is 1. The first-order valence-electron chi connectivity index (χ1n) is 5.80. The zero-order chi connectivity index (χ0) is 15.8. The topological polar surface area (TPSA) is 127 Å². The number of carbonyl (C=O) groups is 3. The number of rotatable bonds is 7. The highest BCUT2D eigenvalue weighted by Crippen LogP contribution is 2.22. The molecule has 3 N–H and O–H groups in total. The molecule has 0 heterocycles. The standard InChI is InChI=1S/C13H12N2O5S/c14-5-6-21-10-4-2-1-3-8(10)12(18)15-9(13(19)20)7-11(16)17/h1-4,9H,6-7H2,(H,15,18)(H,16,17)(H,19,20)/t9-/m1/s1. The summed E-state index contributed by atoms with van der Waals surface area (Å²) in [5.41, 5.74) is 0.203. The fourth-order valence-electron chi connectivity index (χ4n) is 1.50. The zero-order valence-corrected chi connectivity index (χ0v) is 11.6. The summed E-state index contributed by atoms with van der Waals surface area (Å²) in [6.45, 7) is 0. The summed E-state index contributed by atoms with van der Waals surface area (Å²) in [5.74, 6) is -3.30. The van der Waals surface area contributed by atoms with Gasteiger partial charge in [-0.25, -0.2) is 4.79 Å². The van der Waals surface area contributed by atoms with Gasteiger partial charge >= 0.3 is 11.9 Å². The molecule has 0 fully saturated rings. The summed E-state index contributed by atoms with van der Waals surface area (Å²) in [6, 6.07) is 6.80. The van der Waals surface area contributed by atoms with Crippen molar-refractivity contribution in [3.63, 3.8) is 0 Å². The summed E-state index contributed by atoms with van der Waals surface area (Å²) in [5, 5.41) is 28.3. The van der Waals surface area contributed by atoms with Crippen LogP contribution in [-0.2, 0) is 9.59 Å². The normalized spacial score (nSPS) is 11.2. The first-order valence-corrected chi connectivity index (χ1v) is 6.78. The van der Waals surface area contributed by atoms with Crippen LogP contribution in [0.25, 0.3) is 0 Å². The fourth-order valence-corrected chi connectivity index (χ4v) is 2.21. The second-order valence-corrected chi connectivity index (χ2v) is 4.92. The van der Waals surface area contributed by atoms with Crippen molar-refractivity contribution in [1.29, 1.82) is 5.26 Å². The molecule has 21 heavy (non-hydrogen) atoms. The predicted molar refractivity (Wildman–Crippen MR) is 73.9 cm³/mol. The summed E-state index contributed by atoms with van der Waals surface area (Å²) < 4.78 is 0. The van der Waals surface area contributed by atoms with Crippen molar-refractivity contribution in [1.82, 2.24) is 5.32 Å². The fraction of sp³-hybridized carbons (Fsp3) is 0.231. The van der Waals surface area contributed by atoms with Crippen LogP contribution < -0.4 is 5.32 Å². The summed E-state index contributed by atoms with van der Waals surface area (Å²) in [6.07, 6.45) is -0.714. The Hall–Kier alpha value is -2.53. The van der Waals surface area contributed by atoms with Crippen LogP contribution in [0.5, 0.6) is 0 Å². The molecule has 0 aliphatic carbocycles. The molecule has 8 heteroatoms. The van der Waals surface area contributed by atoms with Crippen molar-refractivity contribution in [3.8, 4) is 6.07 Å². The quantitative estimate of drug-likeness (QED) is 0.640. The number of aliphatic carboxylic acids is 2. The number of amides is 1. The third-order valence-corrected chi connectivity index (χ3v) is 3.35. The monoisotopic (exact) mass is 308 g/mol. The van der Waals surface area contributed by atoms with Crippen LogP contribution in [0, 0.1) is 11.3 Å². The molecule has 1 aromatic carbocycles. The van der Waals surface area contributed by atoms with E-state index in [1.807, 2.05) is 6.07 Å². The average molecular weight is 308 g/mol. The first kappa shape index (κ1) is 16.5. The van der Waals surface area contributed by atoms with Gasteiger partial charge in [-0.1, -0.05) is 12.1 Å². The lowest BCUT2D eigenvalue weighted by Gasteiger charge is -2.14. The van der Waals surface area contributed by atoms with Gasteiger partial charge in [0.15, 0.2) is 0 Å². The number of nitrogens with zero attached hydrogens (tertiary/aromatic N) is 1. The predicted octanol–water partition coefficient (Wildman–Crippen LogP) is 0.960. The van der Waals surface area contributed by atoms with Gasteiger partial charge in [-0.3, -0.25) is 9.59 Å². The minimum absolute atomic E-state index is 0.141. The first-order chi connectivity index (χ1) is 9.95. The Labute approximate surface area is 124 Å². The molecule has 1 rings (SSSR count). The molecular weight excluding hydrogens is 296 g/mol. The Balaban J connectivity index is 2.90. The lowest BCUT2D eigenvalue weighted by Crippen LogP contribution is -2.42. The maximum Gasteiger partial charge on any atom is 0.326 e. The SMILES string of the molecule is N#CCSc1ccccc1C(=O)N[C@H](CC(=O)O)C(=O)O. The van der Waals surface area contributed by atoms with E-state index in [-0.39, 0.29) is 11.3 Å². The van der Waals surface area contributed by atoms with Crippen molar-refractivity contribution in [2.75, 3.05) is 5.75 Å². The van der Waals surface area contributed by atoms with Crippen molar-refractivity contribution >= 4 is 29.6 Å². The van der Waals surface area contributed by atoms with Crippen molar-refractivity contribution < 1.29 is 24.6 Å². The van der Waals surface area contributed by atoms with E-state index in [0.717, 1.165) is 11.8 Å². The third kappa shape index (κ3) is 5.16. The molecule has 0 aliphatic heterocycles. The average Bonchev–Trinajstić information content (AvgIpc) is 2.44. The highest BCUT2D eigenvalue weighted by atomic mass is 32.2. The minimum Gasteiger partial charge on any atom is -0.481 e. The van der Waals surface area contributed by atoms with Crippen molar-refractivity contribution in [2.24, 2.45) is 0 Å². The van der Waals surface area contributed by atoms with E-state index in [2.05, 4.69) is 5.32 Å². The molecular formula is C13H12N2O5S. The lowest BCUT2D eigenvalue weighted by atomic mass is 10.1. The molecule has 1 atom stereocenters. The van der Waals surface area contributed by atoms with Crippen molar-refractivity contribution in [2.45, 2.75) is 17.4 Å². The van der Waals surface area contributed by atoms with Gasteiger partial charge in [0.1, 0.15) is 6.04 Å². The maximum atomic E-state index is 12.1. The summed E-state index contributed by atoms with van der Waals surface area (Å²) in [4.78, 5) is 34.1. The molecule has 0 bridgehead atoms. The lowest BCUT2D eigenvalue weighted by molar-refractivity contribution is -0.145. The molecule has 0 saturated heterocycles. The third-order valence-electron chi connectivity index (χ3n) is 2.41. The molecule has 1 aromatic rings. The summed E-state index contributed by atoms with van der Waals surface area (Å²) in [7, 11) is 0. The molecule has 0 spiro atoms. The second kappa shape index (κ2) is 7.91. The van der Waals surface area contributed by atoms with E-state index in [0.29, 0.717) is 4.90 Å². The molecule has 0 radical (unpaired) electrons. The molecule has 0 saturated carbocycles. The number of carbonyl (C=O) groups excluding carboxylic acids is 1. The van der Waals surface area contributed by atoms with E-state index in [9.17, 15) is 14.4 Å². The minimum atomic E-state index is -1.51. The smallest absolute Gasteiger partial charge is 0.326 e. The largest absolute Gasteiger partial charge is 0.481 e. The van der Waals surface area contributed by atoms with Gasteiger partial charge in [0.25, 0.3) is 5.91 Å². The number of nitriles is 1. The van der Waals surface area contributed by atoms with Crippen LogP contribution in [0.1, 0.15) is 16.8 Å². The van der Waals surface area contributed by atoms with Gasteiger partial charge in [0.05, 0.1) is 23.8 Å². The van der Waals surface area contributed by atoms with E-state index < -0.39 is 30.3 Å². The number of benzene rings is 1. The highest BCUT2D eigenvalue weighted by Gasteiger charge is 2.24. The van der Waals surface area contributed by atoms with Gasteiger partial charge in [-0.2, -0.15) is 5.26 Å². The van der Waals surface area contributed by atoms with E-state index >= 15 is 0 Å². The summed E-state index contributed by atoms with van der Waals surface area (Å²) >= 11 is 1.14. The molecule has 7 nitrogen and oxygen atoms in total. The Morgan fingerprint density at radius 2 is 1.95 bits per heavy atom. The number of thioether (sulfide) groups is 1. The van der Waals surface area contributed by atoms with Gasteiger partial charge in [-0.15, -0.1) is 11.8 Å². The van der Waals surface area contributed by atoms with Gasteiger partial charge < -0.3 is 15.5 Å². The van der Waals surface area contributed by atoms with Crippen molar-refractivity contribution in [3.05, 3.63) is 29.8 Å². The molecule has 110 valence electrons. The van der Waals surface area contributed by atoms with E-state index in [1.54, 1.807) is 18.2 Å². The molecule has 0 aromatic heterocycles. The van der Waals surface area contributed by atoms with Crippen LogP contribution in [0.4, 0.5) is 0 Å². The Kier molecular flexibility index (Phi) is 6.23.